The van der Waals surface area contributed by atoms with Crippen molar-refractivity contribution in [3.8, 4) is 11.5 Å². The number of hydrogen-bond acceptors (Lipinski definition) is 3. The van der Waals surface area contributed by atoms with Gasteiger partial charge in [0.2, 0.25) is 0 Å². The second-order valence-corrected chi connectivity index (χ2v) is 5.55. The van der Waals surface area contributed by atoms with Crippen molar-refractivity contribution < 1.29 is 14.3 Å². The molecule has 2 rings (SSSR count). The van der Waals surface area contributed by atoms with Crippen molar-refractivity contribution >= 4 is 5.91 Å². The first kappa shape index (κ1) is 17.9. The number of carbonyl (C=O) groups is 1. The largest absolute Gasteiger partial charge is 0.490 e. The SMILES string of the molecule is CCCOc1ccc(C(=O)N[C@@H](C)c2ccccc2)cc1OCC. The fourth-order valence-electron chi connectivity index (χ4n) is 2.35. The van der Waals surface area contributed by atoms with E-state index < -0.39 is 0 Å². The Bertz CT molecular complexity index is 655. The zero-order valence-electron chi connectivity index (χ0n) is 14.5. The molecule has 2 aromatic rings. The highest BCUT2D eigenvalue weighted by Gasteiger charge is 2.14. The van der Waals surface area contributed by atoms with Gasteiger partial charge in [0.15, 0.2) is 11.5 Å². The molecular weight excluding hydrogens is 302 g/mol. The first-order valence-corrected chi connectivity index (χ1v) is 8.41. The van der Waals surface area contributed by atoms with Crippen LogP contribution in [0.2, 0.25) is 0 Å². The van der Waals surface area contributed by atoms with Crippen molar-refractivity contribution in [2.75, 3.05) is 13.2 Å². The number of carbonyl (C=O) groups excluding carboxylic acids is 1. The summed E-state index contributed by atoms with van der Waals surface area (Å²) in [5.74, 6) is 1.15. The molecule has 24 heavy (non-hydrogen) atoms. The minimum absolute atomic E-state index is 0.0646. The molecule has 0 aliphatic rings. The zero-order chi connectivity index (χ0) is 17.4. The number of benzene rings is 2. The van der Waals surface area contributed by atoms with E-state index in [2.05, 4.69) is 5.32 Å². The third-order valence-electron chi connectivity index (χ3n) is 3.61. The van der Waals surface area contributed by atoms with Crippen LogP contribution in [0.1, 0.15) is 49.2 Å². The highest BCUT2D eigenvalue weighted by Crippen LogP contribution is 2.29. The minimum Gasteiger partial charge on any atom is -0.490 e. The van der Waals surface area contributed by atoms with Crippen molar-refractivity contribution in [3.63, 3.8) is 0 Å². The second kappa shape index (κ2) is 8.96. The molecule has 4 nitrogen and oxygen atoms in total. The molecule has 4 heteroatoms. The van der Waals surface area contributed by atoms with Crippen LogP contribution in [0.5, 0.6) is 11.5 Å². The summed E-state index contributed by atoms with van der Waals surface area (Å²) in [6.45, 7) is 7.07. The van der Waals surface area contributed by atoms with E-state index in [1.54, 1.807) is 18.2 Å². The van der Waals surface area contributed by atoms with E-state index in [0.29, 0.717) is 30.3 Å². The average molecular weight is 327 g/mol. The van der Waals surface area contributed by atoms with E-state index in [9.17, 15) is 4.79 Å². The quantitative estimate of drug-likeness (QED) is 0.783. The lowest BCUT2D eigenvalue weighted by Gasteiger charge is -2.16. The van der Waals surface area contributed by atoms with Crippen LogP contribution in [-0.4, -0.2) is 19.1 Å². The molecule has 0 saturated heterocycles. The van der Waals surface area contributed by atoms with Gasteiger partial charge in [-0.05, 0) is 44.0 Å². The minimum atomic E-state index is -0.130. The standard InChI is InChI=1S/C20H25NO3/c1-4-13-24-18-12-11-17(14-19(18)23-5-2)20(22)21-15(3)16-9-7-6-8-10-16/h6-12,14-15H,4-5,13H2,1-3H3,(H,21,22)/t15-/m0/s1. The van der Waals surface area contributed by atoms with Crippen molar-refractivity contribution in [3.05, 3.63) is 59.7 Å². The Morgan fingerprint density at radius 3 is 2.46 bits per heavy atom. The summed E-state index contributed by atoms with van der Waals surface area (Å²) in [7, 11) is 0. The van der Waals surface area contributed by atoms with Gasteiger partial charge in [-0.25, -0.2) is 0 Å². The second-order valence-electron chi connectivity index (χ2n) is 5.55. The van der Waals surface area contributed by atoms with Crippen molar-refractivity contribution in [1.29, 1.82) is 0 Å². The van der Waals surface area contributed by atoms with E-state index >= 15 is 0 Å². The molecule has 0 aliphatic carbocycles. The van der Waals surface area contributed by atoms with Gasteiger partial charge in [-0.15, -0.1) is 0 Å². The third kappa shape index (κ3) is 4.75. The highest BCUT2D eigenvalue weighted by molar-refractivity contribution is 5.95. The van der Waals surface area contributed by atoms with Crippen LogP contribution >= 0.6 is 0 Å². The van der Waals surface area contributed by atoms with Crippen molar-refractivity contribution in [1.82, 2.24) is 5.32 Å². The highest BCUT2D eigenvalue weighted by atomic mass is 16.5. The van der Waals surface area contributed by atoms with Gasteiger partial charge in [0.1, 0.15) is 0 Å². The van der Waals surface area contributed by atoms with Gasteiger partial charge in [-0.2, -0.15) is 0 Å². The van der Waals surface area contributed by atoms with E-state index in [1.165, 1.54) is 0 Å². The van der Waals surface area contributed by atoms with Gasteiger partial charge in [0, 0.05) is 5.56 Å². The summed E-state index contributed by atoms with van der Waals surface area (Å²) in [5, 5.41) is 3.01. The molecule has 1 atom stereocenters. The van der Waals surface area contributed by atoms with E-state index in [0.717, 1.165) is 12.0 Å². The molecule has 1 N–H and O–H groups in total. The normalized spacial score (nSPS) is 11.6. The van der Waals surface area contributed by atoms with Gasteiger partial charge in [-0.1, -0.05) is 37.3 Å². The molecular formula is C20H25NO3. The maximum atomic E-state index is 12.5. The first-order valence-electron chi connectivity index (χ1n) is 8.41. The summed E-state index contributed by atoms with van der Waals surface area (Å²) < 4.78 is 11.3. The predicted molar refractivity (Wildman–Crippen MR) is 95.7 cm³/mol. The number of amides is 1. The first-order chi connectivity index (χ1) is 11.7. The molecule has 0 aromatic heterocycles. The van der Waals surface area contributed by atoms with Crippen LogP contribution in [0, 0.1) is 0 Å². The summed E-state index contributed by atoms with van der Waals surface area (Å²) >= 11 is 0. The van der Waals surface area contributed by atoms with Gasteiger partial charge in [0.25, 0.3) is 5.91 Å². The lowest BCUT2D eigenvalue weighted by molar-refractivity contribution is 0.0939. The van der Waals surface area contributed by atoms with Crippen molar-refractivity contribution in [2.24, 2.45) is 0 Å². The molecule has 1 amide bonds. The Hall–Kier alpha value is -2.49. The predicted octanol–water partition coefficient (Wildman–Crippen LogP) is 4.37. The lowest BCUT2D eigenvalue weighted by atomic mass is 10.1. The fraction of sp³-hybridized carbons (Fsp3) is 0.350. The van der Waals surface area contributed by atoms with Gasteiger partial charge >= 0.3 is 0 Å². The number of hydrogen-bond donors (Lipinski definition) is 1. The van der Waals surface area contributed by atoms with Gasteiger partial charge in [0.05, 0.1) is 19.3 Å². The molecule has 2 aromatic carbocycles. The monoisotopic (exact) mass is 327 g/mol. The van der Waals surface area contributed by atoms with E-state index in [1.807, 2.05) is 51.1 Å². The van der Waals surface area contributed by atoms with Crippen LogP contribution < -0.4 is 14.8 Å². The van der Waals surface area contributed by atoms with Gasteiger partial charge < -0.3 is 14.8 Å². The number of nitrogens with one attached hydrogen (secondary N) is 1. The van der Waals surface area contributed by atoms with Crippen LogP contribution in [0.3, 0.4) is 0 Å². The smallest absolute Gasteiger partial charge is 0.251 e. The molecule has 0 saturated carbocycles. The lowest BCUT2D eigenvalue weighted by Crippen LogP contribution is -2.26. The molecule has 0 aliphatic heterocycles. The average Bonchev–Trinajstić information content (AvgIpc) is 2.61. The van der Waals surface area contributed by atoms with Gasteiger partial charge in [-0.3, -0.25) is 4.79 Å². The maximum absolute atomic E-state index is 12.5. The van der Waals surface area contributed by atoms with Crippen LogP contribution in [-0.2, 0) is 0 Å². The molecule has 0 spiro atoms. The number of ether oxygens (including phenoxy) is 2. The molecule has 0 heterocycles. The molecule has 0 fully saturated rings. The molecule has 0 bridgehead atoms. The summed E-state index contributed by atoms with van der Waals surface area (Å²) in [6, 6.07) is 15.1. The molecule has 0 radical (unpaired) electrons. The Balaban J connectivity index is 2.12. The Kier molecular flexibility index (Phi) is 6.67. The zero-order valence-corrected chi connectivity index (χ0v) is 14.5. The number of rotatable bonds is 8. The van der Waals surface area contributed by atoms with Crippen molar-refractivity contribution in [2.45, 2.75) is 33.2 Å². The molecule has 0 unspecified atom stereocenters. The topological polar surface area (TPSA) is 47.6 Å². The third-order valence-corrected chi connectivity index (χ3v) is 3.61. The summed E-state index contributed by atoms with van der Waals surface area (Å²) in [5.41, 5.74) is 1.63. The van der Waals surface area contributed by atoms with E-state index in [4.69, 9.17) is 9.47 Å². The summed E-state index contributed by atoms with van der Waals surface area (Å²) in [6.07, 6.45) is 0.919. The summed E-state index contributed by atoms with van der Waals surface area (Å²) in [4.78, 5) is 12.5. The Morgan fingerprint density at radius 1 is 1.04 bits per heavy atom. The Labute approximate surface area is 143 Å². The Morgan fingerprint density at radius 2 is 1.79 bits per heavy atom. The van der Waals surface area contributed by atoms with Crippen LogP contribution in [0.25, 0.3) is 0 Å². The fourth-order valence-corrected chi connectivity index (χ4v) is 2.35. The van der Waals surface area contributed by atoms with Crippen LogP contribution in [0.4, 0.5) is 0 Å². The maximum Gasteiger partial charge on any atom is 0.251 e. The molecule has 128 valence electrons. The van der Waals surface area contributed by atoms with Crippen LogP contribution in [0.15, 0.2) is 48.5 Å². The van der Waals surface area contributed by atoms with E-state index in [-0.39, 0.29) is 11.9 Å².